The van der Waals surface area contributed by atoms with Gasteiger partial charge in [0.15, 0.2) is 6.23 Å². The highest BCUT2D eigenvalue weighted by Gasteiger charge is 2.15. The third kappa shape index (κ3) is 2.41. The summed E-state index contributed by atoms with van der Waals surface area (Å²) in [7, 11) is 1.71. The lowest BCUT2D eigenvalue weighted by atomic mass is 10.1. The minimum absolute atomic E-state index is 0.0442. The molecule has 2 rings (SSSR count). The number of rotatable bonds is 2. The molecule has 0 amide bonds. The summed E-state index contributed by atoms with van der Waals surface area (Å²) in [5, 5.41) is 3.13. The van der Waals surface area contributed by atoms with E-state index in [-0.39, 0.29) is 11.8 Å². The minimum Gasteiger partial charge on any atom is -0.465 e. The summed E-state index contributed by atoms with van der Waals surface area (Å²) < 4.78 is 7.29. The largest absolute Gasteiger partial charge is 0.465 e. The Morgan fingerprint density at radius 3 is 2.82 bits per heavy atom. The number of hydrogen-bond donors (Lipinski definition) is 1. The maximum absolute atomic E-state index is 11.3. The Hall–Kier alpha value is -1.97. The van der Waals surface area contributed by atoms with Crippen molar-refractivity contribution in [1.29, 1.82) is 0 Å². The van der Waals surface area contributed by atoms with Crippen molar-refractivity contribution in [2.75, 3.05) is 0 Å². The van der Waals surface area contributed by atoms with Crippen LogP contribution in [0.3, 0.4) is 0 Å². The number of nitrogens with one attached hydrogen (secondary N) is 1. The van der Waals surface area contributed by atoms with E-state index in [1.165, 1.54) is 16.2 Å². The van der Waals surface area contributed by atoms with E-state index in [0.717, 1.165) is 5.57 Å². The monoisotopic (exact) mass is 232 g/mol. The Morgan fingerprint density at radius 1 is 1.35 bits per heavy atom. The first-order valence-corrected chi connectivity index (χ1v) is 5.51. The second-order valence-corrected chi connectivity index (χ2v) is 4.18. The highest BCUT2D eigenvalue weighted by Crippen LogP contribution is 2.18. The molecule has 4 heteroatoms. The zero-order chi connectivity index (χ0) is 12.4. The van der Waals surface area contributed by atoms with Crippen molar-refractivity contribution < 1.29 is 4.74 Å². The van der Waals surface area contributed by atoms with Crippen molar-refractivity contribution in [2.45, 2.75) is 20.1 Å². The van der Waals surface area contributed by atoms with Crippen molar-refractivity contribution in [3.05, 3.63) is 52.1 Å². The SMILES string of the molecule is CC1=C(C)[C@H](Oc2ccc(=O)n(C)c2)NC=C1. The lowest BCUT2D eigenvalue weighted by molar-refractivity contribution is 0.211. The van der Waals surface area contributed by atoms with Gasteiger partial charge >= 0.3 is 0 Å². The fraction of sp³-hybridized carbons (Fsp3) is 0.308. The Bertz CT molecular complexity index is 541. The number of aromatic nitrogens is 1. The summed E-state index contributed by atoms with van der Waals surface area (Å²) in [5.74, 6) is 0.673. The first kappa shape index (κ1) is 11.5. The summed E-state index contributed by atoms with van der Waals surface area (Å²) in [5.41, 5.74) is 2.29. The van der Waals surface area contributed by atoms with Crippen molar-refractivity contribution in [3.8, 4) is 5.75 Å². The Balaban J connectivity index is 2.19. The van der Waals surface area contributed by atoms with E-state index < -0.39 is 0 Å². The molecule has 1 aliphatic rings. The number of hydrogen-bond acceptors (Lipinski definition) is 3. The van der Waals surface area contributed by atoms with E-state index in [0.29, 0.717) is 5.75 Å². The van der Waals surface area contributed by atoms with Gasteiger partial charge in [-0.25, -0.2) is 0 Å². The number of aryl methyl sites for hydroxylation is 1. The van der Waals surface area contributed by atoms with Crippen LogP contribution in [0.15, 0.2) is 46.5 Å². The van der Waals surface area contributed by atoms with Crippen LogP contribution in [-0.4, -0.2) is 10.8 Å². The molecule has 17 heavy (non-hydrogen) atoms. The molecule has 1 aromatic rings. The van der Waals surface area contributed by atoms with Crippen LogP contribution < -0.4 is 15.6 Å². The zero-order valence-electron chi connectivity index (χ0n) is 10.2. The molecule has 4 nitrogen and oxygen atoms in total. The molecule has 1 N–H and O–H groups in total. The predicted molar refractivity (Wildman–Crippen MR) is 66.7 cm³/mol. The molecule has 1 atom stereocenters. The van der Waals surface area contributed by atoms with Gasteiger partial charge in [0.2, 0.25) is 5.56 Å². The van der Waals surface area contributed by atoms with Crippen LogP contribution in [0.5, 0.6) is 5.75 Å². The third-order valence-corrected chi connectivity index (χ3v) is 2.91. The van der Waals surface area contributed by atoms with Crippen LogP contribution in [0.4, 0.5) is 0 Å². The van der Waals surface area contributed by atoms with Crippen LogP contribution >= 0.6 is 0 Å². The second-order valence-electron chi connectivity index (χ2n) is 4.18. The molecule has 1 aromatic heterocycles. The van der Waals surface area contributed by atoms with E-state index in [2.05, 4.69) is 5.32 Å². The van der Waals surface area contributed by atoms with E-state index in [1.54, 1.807) is 19.3 Å². The number of ether oxygens (including phenoxy) is 1. The molecule has 0 fully saturated rings. The van der Waals surface area contributed by atoms with Gasteiger partial charge in [0.25, 0.3) is 0 Å². The predicted octanol–water partition coefficient (Wildman–Crippen LogP) is 1.54. The molecule has 90 valence electrons. The Kier molecular flexibility index (Phi) is 3.04. The van der Waals surface area contributed by atoms with Crippen LogP contribution in [0.25, 0.3) is 0 Å². The summed E-state index contributed by atoms with van der Waals surface area (Å²) in [6.45, 7) is 4.07. The normalized spacial score (nSPS) is 19.1. The first-order chi connectivity index (χ1) is 8.08. The van der Waals surface area contributed by atoms with Crippen molar-refractivity contribution in [3.63, 3.8) is 0 Å². The van der Waals surface area contributed by atoms with Crippen molar-refractivity contribution in [1.82, 2.24) is 9.88 Å². The second kappa shape index (κ2) is 4.49. The van der Waals surface area contributed by atoms with Crippen LogP contribution in [-0.2, 0) is 7.05 Å². The molecule has 2 heterocycles. The maximum Gasteiger partial charge on any atom is 0.250 e. The highest BCUT2D eigenvalue weighted by molar-refractivity contribution is 5.30. The maximum atomic E-state index is 11.3. The molecule has 0 saturated carbocycles. The molecular weight excluding hydrogens is 216 g/mol. The van der Waals surface area contributed by atoms with Gasteiger partial charge < -0.3 is 14.6 Å². The molecule has 0 spiro atoms. The van der Waals surface area contributed by atoms with Gasteiger partial charge in [-0.2, -0.15) is 0 Å². The van der Waals surface area contributed by atoms with Crippen LogP contribution in [0, 0.1) is 0 Å². The first-order valence-electron chi connectivity index (χ1n) is 5.51. The fourth-order valence-electron chi connectivity index (χ4n) is 1.62. The van der Waals surface area contributed by atoms with E-state index in [4.69, 9.17) is 4.74 Å². The van der Waals surface area contributed by atoms with Gasteiger partial charge in [-0.3, -0.25) is 4.79 Å². The van der Waals surface area contributed by atoms with Crippen molar-refractivity contribution in [2.24, 2.45) is 7.05 Å². The molecule has 1 aliphatic heterocycles. The van der Waals surface area contributed by atoms with Gasteiger partial charge in [0, 0.05) is 25.5 Å². The quantitative estimate of drug-likeness (QED) is 0.841. The van der Waals surface area contributed by atoms with E-state index in [9.17, 15) is 4.79 Å². The van der Waals surface area contributed by atoms with Crippen LogP contribution in [0.2, 0.25) is 0 Å². The van der Waals surface area contributed by atoms with Crippen LogP contribution in [0.1, 0.15) is 13.8 Å². The number of dihydropyridines is 1. The number of pyridine rings is 1. The lowest BCUT2D eigenvalue weighted by Crippen LogP contribution is -2.34. The number of nitrogens with zero attached hydrogens (tertiary/aromatic N) is 1. The summed E-state index contributed by atoms with van der Waals surface area (Å²) in [6, 6.07) is 3.19. The zero-order valence-corrected chi connectivity index (χ0v) is 10.2. The van der Waals surface area contributed by atoms with E-state index >= 15 is 0 Å². The summed E-state index contributed by atoms with van der Waals surface area (Å²) in [6.07, 6.45) is 5.40. The van der Waals surface area contributed by atoms with Crippen molar-refractivity contribution >= 4 is 0 Å². The summed E-state index contributed by atoms with van der Waals surface area (Å²) >= 11 is 0. The van der Waals surface area contributed by atoms with Gasteiger partial charge in [0.1, 0.15) is 5.75 Å². The molecule has 0 aliphatic carbocycles. The molecule has 0 radical (unpaired) electrons. The van der Waals surface area contributed by atoms with Gasteiger partial charge in [-0.15, -0.1) is 0 Å². The lowest BCUT2D eigenvalue weighted by Gasteiger charge is -2.24. The average molecular weight is 232 g/mol. The molecule has 0 bridgehead atoms. The topological polar surface area (TPSA) is 43.3 Å². The minimum atomic E-state index is -0.169. The molecule has 0 aromatic carbocycles. The third-order valence-electron chi connectivity index (χ3n) is 2.91. The molecular formula is C13H16N2O2. The molecule has 0 unspecified atom stereocenters. The molecule has 0 saturated heterocycles. The Morgan fingerprint density at radius 2 is 2.12 bits per heavy atom. The van der Waals surface area contributed by atoms with Gasteiger partial charge in [-0.1, -0.05) is 0 Å². The Labute approximate surface area is 100 Å². The standard InChI is InChI=1S/C13H16N2O2/c1-9-6-7-14-13(10(9)2)17-11-4-5-12(16)15(3)8-11/h4-8,13-14H,1-3H3/t13-/m0/s1. The smallest absolute Gasteiger partial charge is 0.250 e. The average Bonchev–Trinajstić information content (AvgIpc) is 2.30. The number of allylic oxidation sites excluding steroid dienone is 2. The fourth-order valence-corrected chi connectivity index (χ4v) is 1.62. The van der Waals surface area contributed by atoms with Gasteiger partial charge in [0.05, 0.1) is 0 Å². The summed E-state index contributed by atoms with van der Waals surface area (Å²) in [4.78, 5) is 11.3. The van der Waals surface area contributed by atoms with E-state index in [1.807, 2.05) is 26.1 Å². The van der Waals surface area contributed by atoms with Gasteiger partial charge in [-0.05, 0) is 37.1 Å². The highest BCUT2D eigenvalue weighted by atomic mass is 16.5.